The average molecular weight is 266 g/mol. The van der Waals surface area contributed by atoms with Gasteiger partial charge in [-0.05, 0) is 50.4 Å². The first-order chi connectivity index (χ1) is 9.13. The maximum absolute atomic E-state index is 12.2. The minimum Gasteiger partial charge on any atom is -0.465 e. The Balaban J connectivity index is 1.63. The molecule has 2 aliphatic carbocycles. The van der Waals surface area contributed by atoms with Gasteiger partial charge in [0.1, 0.15) is 5.54 Å². The van der Waals surface area contributed by atoms with Gasteiger partial charge in [0.05, 0.1) is 6.61 Å². The molecule has 19 heavy (non-hydrogen) atoms. The molecule has 3 fully saturated rings. The molecule has 3 unspecified atom stereocenters. The van der Waals surface area contributed by atoms with E-state index in [0.29, 0.717) is 19.1 Å². The topological polar surface area (TPSA) is 55.6 Å². The van der Waals surface area contributed by atoms with Crippen molar-refractivity contribution in [3.63, 3.8) is 0 Å². The maximum atomic E-state index is 12.2. The van der Waals surface area contributed by atoms with Gasteiger partial charge in [0.2, 0.25) is 0 Å². The fourth-order valence-electron chi connectivity index (χ4n) is 4.06. The molecular weight excluding hydrogens is 240 g/mol. The molecule has 108 valence electrons. The van der Waals surface area contributed by atoms with Crippen LogP contribution in [0, 0.1) is 17.8 Å². The summed E-state index contributed by atoms with van der Waals surface area (Å²) in [5.74, 6) is 1.86. The van der Waals surface area contributed by atoms with E-state index >= 15 is 0 Å². The van der Waals surface area contributed by atoms with Crippen molar-refractivity contribution < 1.29 is 9.53 Å². The van der Waals surface area contributed by atoms with Crippen LogP contribution >= 0.6 is 0 Å². The number of nitrogens with zero attached hydrogens (tertiary/aromatic N) is 1. The molecule has 3 rings (SSSR count). The van der Waals surface area contributed by atoms with Crippen molar-refractivity contribution in [2.24, 2.45) is 23.5 Å². The Morgan fingerprint density at radius 3 is 2.42 bits per heavy atom. The summed E-state index contributed by atoms with van der Waals surface area (Å²) in [7, 11) is 0. The number of carbonyl (C=O) groups is 1. The summed E-state index contributed by atoms with van der Waals surface area (Å²) in [5.41, 5.74) is 5.69. The minimum atomic E-state index is -0.755. The highest BCUT2D eigenvalue weighted by Crippen LogP contribution is 2.42. The lowest BCUT2D eigenvalue weighted by Gasteiger charge is -2.32. The normalized spacial score (nSPS) is 34.0. The molecule has 0 amide bonds. The molecule has 2 saturated carbocycles. The second-order valence-corrected chi connectivity index (χ2v) is 6.68. The average Bonchev–Trinajstić information content (AvgIpc) is 3.03. The van der Waals surface area contributed by atoms with E-state index in [1.54, 1.807) is 0 Å². The molecule has 0 aromatic rings. The monoisotopic (exact) mass is 266 g/mol. The lowest BCUT2D eigenvalue weighted by molar-refractivity contribution is -0.151. The highest BCUT2D eigenvalue weighted by molar-refractivity contribution is 5.82. The Bertz CT molecular complexity index is 344. The van der Waals surface area contributed by atoms with E-state index in [0.717, 1.165) is 37.8 Å². The largest absolute Gasteiger partial charge is 0.465 e. The summed E-state index contributed by atoms with van der Waals surface area (Å²) in [6.07, 6.45) is 6.27. The van der Waals surface area contributed by atoms with Crippen molar-refractivity contribution in [3.8, 4) is 0 Å². The Hall–Kier alpha value is -0.610. The zero-order chi connectivity index (χ0) is 13.5. The van der Waals surface area contributed by atoms with E-state index < -0.39 is 5.54 Å². The molecule has 0 spiro atoms. The standard InChI is InChI=1S/C15H26N2O2/c1-2-19-14(18)15(16,13-6-7-13)10-17-8-11-4-3-5-12(11)9-17/h11-13H,2-10,16H2,1H3. The van der Waals surface area contributed by atoms with Gasteiger partial charge in [0.25, 0.3) is 0 Å². The Morgan fingerprint density at radius 1 is 1.26 bits per heavy atom. The first-order valence-corrected chi connectivity index (χ1v) is 7.82. The van der Waals surface area contributed by atoms with Crippen molar-refractivity contribution in [2.45, 2.75) is 44.6 Å². The van der Waals surface area contributed by atoms with Crippen LogP contribution in [0.3, 0.4) is 0 Å². The maximum Gasteiger partial charge on any atom is 0.327 e. The summed E-state index contributed by atoms with van der Waals surface area (Å²) in [6.45, 7) is 5.25. The Kier molecular flexibility index (Phi) is 3.56. The predicted octanol–water partition coefficient (Wildman–Crippen LogP) is 1.39. The first kappa shape index (κ1) is 13.4. The Labute approximate surface area is 115 Å². The van der Waals surface area contributed by atoms with Crippen LogP contribution in [0.1, 0.15) is 39.0 Å². The fourth-order valence-corrected chi connectivity index (χ4v) is 4.06. The number of ether oxygens (including phenoxy) is 1. The van der Waals surface area contributed by atoms with Crippen LogP contribution in [0.5, 0.6) is 0 Å². The smallest absolute Gasteiger partial charge is 0.327 e. The first-order valence-electron chi connectivity index (χ1n) is 7.82. The van der Waals surface area contributed by atoms with Crippen molar-refractivity contribution >= 4 is 5.97 Å². The third-order valence-corrected chi connectivity index (χ3v) is 5.25. The molecule has 4 heteroatoms. The SMILES string of the molecule is CCOC(=O)C(N)(CN1CC2CCCC2C1)C1CC1. The van der Waals surface area contributed by atoms with Gasteiger partial charge in [0, 0.05) is 19.6 Å². The Morgan fingerprint density at radius 2 is 1.89 bits per heavy atom. The molecule has 0 radical (unpaired) electrons. The number of fused-ring (bicyclic) bond motifs is 1. The van der Waals surface area contributed by atoms with Gasteiger partial charge in [-0.1, -0.05) is 6.42 Å². The second kappa shape index (κ2) is 5.06. The van der Waals surface area contributed by atoms with Crippen molar-refractivity contribution in [3.05, 3.63) is 0 Å². The van der Waals surface area contributed by atoms with E-state index in [1.165, 1.54) is 19.3 Å². The molecule has 0 aromatic heterocycles. The number of carbonyl (C=O) groups excluding carboxylic acids is 1. The summed E-state index contributed by atoms with van der Waals surface area (Å²) in [5, 5.41) is 0. The van der Waals surface area contributed by atoms with Crippen LogP contribution in [0.4, 0.5) is 0 Å². The number of rotatable bonds is 5. The van der Waals surface area contributed by atoms with Crippen LogP contribution in [-0.2, 0) is 9.53 Å². The molecular formula is C15H26N2O2. The van der Waals surface area contributed by atoms with E-state index in [9.17, 15) is 4.79 Å². The predicted molar refractivity (Wildman–Crippen MR) is 73.5 cm³/mol. The fraction of sp³-hybridized carbons (Fsp3) is 0.933. The molecule has 2 N–H and O–H groups in total. The van der Waals surface area contributed by atoms with E-state index in [4.69, 9.17) is 10.5 Å². The van der Waals surface area contributed by atoms with Crippen LogP contribution in [0.2, 0.25) is 0 Å². The van der Waals surface area contributed by atoms with Gasteiger partial charge in [-0.2, -0.15) is 0 Å². The molecule has 3 atom stereocenters. The molecule has 0 bridgehead atoms. The summed E-state index contributed by atoms with van der Waals surface area (Å²) >= 11 is 0. The van der Waals surface area contributed by atoms with Gasteiger partial charge in [-0.3, -0.25) is 0 Å². The number of hydrogen-bond donors (Lipinski definition) is 1. The van der Waals surface area contributed by atoms with Gasteiger partial charge in [-0.15, -0.1) is 0 Å². The number of nitrogens with two attached hydrogens (primary N) is 1. The number of hydrogen-bond acceptors (Lipinski definition) is 4. The lowest BCUT2D eigenvalue weighted by atomic mass is 9.93. The quantitative estimate of drug-likeness (QED) is 0.764. The highest BCUT2D eigenvalue weighted by Gasteiger charge is 2.51. The van der Waals surface area contributed by atoms with Crippen molar-refractivity contribution in [1.29, 1.82) is 0 Å². The van der Waals surface area contributed by atoms with Gasteiger partial charge in [-0.25, -0.2) is 4.79 Å². The lowest BCUT2D eigenvalue weighted by Crippen LogP contribution is -2.58. The molecule has 4 nitrogen and oxygen atoms in total. The molecule has 1 aliphatic heterocycles. The van der Waals surface area contributed by atoms with Crippen LogP contribution in [0.25, 0.3) is 0 Å². The minimum absolute atomic E-state index is 0.186. The summed E-state index contributed by atoms with van der Waals surface area (Å²) in [6, 6.07) is 0. The third kappa shape index (κ3) is 2.52. The van der Waals surface area contributed by atoms with E-state index in [1.807, 2.05) is 6.92 Å². The van der Waals surface area contributed by atoms with Crippen LogP contribution in [-0.4, -0.2) is 42.6 Å². The number of likely N-dealkylation sites (tertiary alicyclic amines) is 1. The van der Waals surface area contributed by atoms with Gasteiger partial charge < -0.3 is 15.4 Å². The van der Waals surface area contributed by atoms with E-state index in [-0.39, 0.29) is 5.97 Å². The molecule has 1 heterocycles. The number of esters is 1. The summed E-state index contributed by atoms with van der Waals surface area (Å²) in [4.78, 5) is 14.6. The van der Waals surface area contributed by atoms with Gasteiger partial charge in [0.15, 0.2) is 0 Å². The zero-order valence-electron chi connectivity index (χ0n) is 11.9. The van der Waals surface area contributed by atoms with Crippen molar-refractivity contribution in [1.82, 2.24) is 4.90 Å². The van der Waals surface area contributed by atoms with Crippen LogP contribution in [0.15, 0.2) is 0 Å². The molecule has 0 aromatic carbocycles. The van der Waals surface area contributed by atoms with Crippen molar-refractivity contribution in [2.75, 3.05) is 26.2 Å². The van der Waals surface area contributed by atoms with Gasteiger partial charge >= 0.3 is 5.97 Å². The zero-order valence-corrected chi connectivity index (χ0v) is 11.9. The third-order valence-electron chi connectivity index (χ3n) is 5.25. The molecule has 1 saturated heterocycles. The second-order valence-electron chi connectivity index (χ2n) is 6.68. The van der Waals surface area contributed by atoms with Crippen LogP contribution < -0.4 is 5.73 Å². The summed E-state index contributed by atoms with van der Waals surface area (Å²) < 4.78 is 5.22. The highest BCUT2D eigenvalue weighted by atomic mass is 16.5. The molecule has 3 aliphatic rings. The van der Waals surface area contributed by atoms with E-state index in [2.05, 4.69) is 4.90 Å².